The maximum atomic E-state index is 5.57. The Balaban J connectivity index is 2.16. The Morgan fingerprint density at radius 2 is 2.11 bits per heavy atom. The fourth-order valence-electron chi connectivity index (χ4n) is 1.73. The van der Waals surface area contributed by atoms with Gasteiger partial charge in [-0.2, -0.15) is 15.0 Å². The smallest absolute Gasteiger partial charge is 0.171 e. The number of para-hydroxylation sites is 1. The summed E-state index contributed by atoms with van der Waals surface area (Å²) < 4.78 is 5.18. The molecule has 0 bridgehead atoms. The lowest BCUT2D eigenvalue weighted by molar-refractivity contribution is 0.435. The van der Waals surface area contributed by atoms with Crippen molar-refractivity contribution in [3.8, 4) is 17.0 Å². The molecule has 3 aromatic rings. The molecule has 18 heavy (non-hydrogen) atoms. The third kappa shape index (κ3) is 1.73. The largest absolute Gasteiger partial charge is 0.381 e. The molecule has 0 spiro atoms. The van der Waals surface area contributed by atoms with Crippen LogP contribution in [0.25, 0.3) is 17.0 Å². The zero-order valence-electron chi connectivity index (χ0n) is 9.74. The summed E-state index contributed by atoms with van der Waals surface area (Å²) in [4.78, 5) is 1.56. The van der Waals surface area contributed by atoms with E-state index in [9.17, 15) is 0 Å². The summed E-state index contributed by atoms with van der Waals surface area (Å²) in [7, 11) is 0. The second kappa shape index (κ2) is 3.99. The summed E-state index contributed by atoms with van der Waals surface area (Å²) in [6.07, 6.45) is 1.70. The Hall–Kier alpha value is -2.63. The lowest BCUT2D eigenvalue weighted by Gasteiger charge is -2.04. The molecule has 0 saturated heterocycles. The SMILES string of the molecule is Cc1cnn(-c2ccccc2-c2cc(N)no2)n1. The molecule has 2 N–H and O–H groups in total. The molecule has 0 radical (unpaired) electrons. The van der Waals surface area contributed by atoms with Gasteiger partial charge in [0.1, 0.15) is 0 Å². The van der Waals surface area contributed by atoms with Crippen LogP contribution >= 0.6 is 0 Å². The van der Waals surface area contributed by atoms with E-state index >= 15 is 0 Å². The number of aryl methyl sites for hydroxylation is 1. The van der Waals surface area contributed by atoms with Crippen LogP contribution in [0.4, 0.5) is 5.82 Å². The second-order valence-electron chi connectivity index (χ2n) is 3.91. The first-order chi connectivity index (χ1) is 8.74. The molecule has 0 atom stereocenters. The molecule has 3 rings (SSSR count). The lowest BCUT2D eigenvalue weighted by atomic mass is 10.1. The zero-order chi connectivity index (χ0) is 12.5. The fourth-order valence-corrected chi connectivity index (χ4v) is 1.73. The van der Waals surface area contributed by atoms with Crippen molar-refractivity contribution in [3.63, 3.8) is 0 Å². The fraction of sp³-hybridized carbons (Fsp3) is 0.0833. The van der Waals surface area contributed by atoms with Crippen LogP contribution < -0.4 is 5.73 Å². The normalized spacial score (nSPS) is 10.7. The summed E-state index contributed by atoms with van der Waals surface area (Å²) in [6.45, 7) is 1.89. The molecular weight excluding hydrogens is 230 g/mol. The van der Waals surface area contributed by atoms with Gasteiger partial charge in [-0.1, -0.05) is 17.3 Å². The molecule has 90 valence electrons. The van der Waals surface area contributed by atoms with E-state index in [0.29, 0.717) is 11.6 Å². The average molecular weight is 241 g/mol. The highest BCUT2D eigenvalue weighted by Crippen LogP contribution is 2.26. The summed E-state index contributed by atoms with van der Waals surface area (Å²) in [5, 5.41) is 12.2. The third-order valence-electron chi connectivity index (χ3n) is 2.52. The molecule has 0 aliphatic heterocycles. The second-order valence-corrected chi connectivity index (χ2v) is 3.91. The van der Waals surface area contributed by atoms with E-state index in [1.165, 1.54) is 0 Å². The number of anilines is 1. The molecule has 0 fully saturated rings. The molecule has 6 heteroatoms. The van der Waals surface area contributed by atoms with Gasteiger partial charge in [0.05, 0.1) is 17.6 Å². The van der Waals surface area contributed by atoms with E-state index in [0.717, 1.165) is 16.9 Å². The molecule has 2 heterocycles. The van der Waals surface area contributed by atoms with Crippen LogP contribution in [0, 0.1) is 6.92 Å². The first-order valence-corrected chi connectivity index (χ1v) is 5.45. The molecule has 2 aromatic heterocycles. The van der Waals surface area contributed by atoms with Crippen LogP contribution in [0.3, 0.4) is 0 Å². The van der Waals surface area contributed by atoms with Crippen molar-refractivity contribution >= 4 is 5.82 Å². The van der Waals surface area contributed by atoms with Gasteiger partial charge in [0.25, 0.3) is 0 Å². The van der Waals surface area contributed by atoms with Crippen molar-refractivity contribution in [3.05, 3.63) is 42.2 Å². The molecule has 0 saturated carbocycles. The monoisotopic (exact) mass is 241 g/mol. The van der Waals surface area contributed by atoms with Gasteiger partial charge in [0.15, 0.2) is 11.6 Å². The van der Waals surface area contributed by atoms with Crippen molar-refractivity contribution in [1.29, 1.82) is 0 Å². The van der Waals surface area contributed by atoms with E-state index in [1.807, 2.05) is 31.2 Å². The quantitative estimate of drug-likeness (QED) is 0.739. The summed E-state index contributed by atoms with van der Waals surface area (Å²) in [5.41, 5.74) is 8.08. The lowest BCUT2D eigenvalue weighted by Crippen LogP contribution is -2.00. The van der Waals surface area contributed by atoms with Crippen LogP contribution in [-0.4, -0.2) is 20.2 Å². The van der Waals surface area contributed by atoms with Gasteiger partial charge in [-0.3, -0.25) is 0 Å². The summed E-state index contributed by atoms with van der Waals surface area (Å²) in [6, 6.07) is 9.32. The third-order valence-corrected chi connectivity index (χ3v) is 2.52. The topological polar surface area (TPSA) is 82.8 Å². The number of rotatable bonds is 2. The maximum absolute atomic E-state index is 5.57. The number of aromatic nitrogens is 4. The van der Waals surface area contributed by atoms with Crippen LogP contribution in [0.5, 0.6) is 0 Å². The molecule has 0 amide bonds. The Morgan fingerprint density at radius 1 is 1.28 bits per heavy atom. The van der Waals surface area contributed by atoms with Crippen molar-refractivity contribution in [2.45, 2.75) is 6.92 Å². The van der Waals surface area contributed by atoms with Crippen LogP contribution in [0.1, 0.15) is 5.69 Å². The molecule has 0 unspecified atom stereocenters. The van der Waals surface area contributed by atoms with Crippen LogP contribution in [0.2, 0.25) is 0 Å². The highest BCUT2D eigenvalue weighted by molar-refractivity contribution is 5.69. The highest BCUT2D eigenvalue weighted by atomic mass is 16.5. The molecule has 6 nitrogen and oxygen atoms in total. The summed E-state index contributed by atoms with van der Waals surface area (Å²) >= 11 is 0. The predicted octanol–water partition coefficient (Wildman–Crippen LogP) is 1.81. The van der Waals surface area contributed by atoms with E-state index in [4.69, 9.17) is 10.3 Å². The standard InChI is InChI=1S/C12H11N5O/c1-8-7-14-17(15-8)10-5-3-2-4-9(10)11-6-12(13)16-18-11/h2-7H,1H3,(H2,13,16). The van der Waals surface area contributed by atoms with Crippen molar-refractivity contribution < 1.29 is 4.52 Å². The Morgan fingerprint density at radius 3 is 2.78 bits per heavy atom. The zero-order valence-corrected chi connectivity index (χ0v) is 9.74. The number of hydrogen-bond donors (Lipinski definition) is 1. The van der Waals surface area contributed by atoms with Gasteiger partial charge in [-0.15, -0.1) is 0 Å². The Kier molecular flexibility index (Phi) is 2.33. The highest BCUT2D eigenvalue weighted by Gasteiger charge is 2.12. The van der Waals surface area contributed by atoms with E-state index in [-0.39, 0.29) is 0 Å². The number of hydrogen-bond acceptors (Lipinski definition) is 5. The van der Waals surface area contributed by atoms with Gasteiger partial charge in [-0.25, -0.2) is 0 Å². The molecule has 0 aliphatic rings. The predicted molar refractivity (Wildman–Crippen MR) is 66.0 cm³/mol. The van der Waals surface area contributed by atoms with Crippen molar-refractivity contribution in [1.82, 2.24) is 20.2 Å². The number of nitrogens with two attached hydrogens (primary N) is 1. The van der Waals surface area contributed by atoms with Gasteiger partial charge in [0.2, 0.25) is 0 Å². The first kappa shape index (κ1) is 10.5. The summed E-state index contributed by atoms with van der Waals surface area (Å²) in [5.74, 6) is 0.947. The average Bonchev–Trinajstić information content (AvgIpc) is 2.98. The number of nitrogen functional groups attached to an aromatic ring is 1. The van der Waals surface area contributed by atoms with Crippen molar-refractivity contribution in [2.24, 2.45) is 0 Å². The first-order valence-electron chi connectivity index (χ1n) is 5.45. The van der Waals surface area contributed by atoms with Gasteiger partial charge in [0, 0.05) is 11.6 Å². The van der Waals surface area contributed by atoms with E-state index in [2.05, 4.69) is 15.4 Å². The van der Waals surface area contributed by atoms with E-state index in [1.54, 1.807) is 17.1 Å². The molecule has 1 aromatic carbocycles. The Labute approximate surface area is 103 Å². The van der Waals surface area contributed by atoms with E-state index < -0.39 is 0 Å². The minimum atomic E-state index is 0.351. The minimum Gasteiger partial charge on any atom is -0.381 e. The number of nitrogens with zero attached hydrogens (tertiary/aromatic N) is 4. The molecule has 0 aliphatic carbocycles. The minimum absolute atomic E-state index is 0.351. The maximum Gasteiger partial charge on any atom is 0.171 e. The molecular formula is C12H11N5O. The van der Waals surface area contributed by atoms with Gasteiger partial charge >= 0.3 is 0 Å². The van der Waals surface area contributed by atoms with Gasteiger partial charge in [-0.05, 0) is 19.1 Å². The number of benzene rings is 1. The van der Waals surface area contributed by atoms with Gasteiger partial charge < -0.3 is 10.3 Å². The van der Waals surface area contributed by atoms with Crippen LogP contribution in [-0.2, 0) is 0 Å². The van der Waals surface area contributed by atoms with Crippen molar-refractivity contribution in [2.75, 3.05) is 5.73 Å². The van der Waals surface area contributed by atoms with Crippen LogP contribution in [0.15, 0.2) is 41.1 Å². The Bertz CT molecular complexity index is 626.